The molecule has 0 saturated carbocycles. The van der Waals surface area contributed by atoms with Crippen LogP contribution >= 0.6 is 0 Å². The first kappa shape index (κ1) is 15.0. The molecule has 3 nitrogen and oxygen atoms in total. The van der Waals surface area contributed by atoms with Crippen LogP contribution in [0.4, 0.5) is 4.39 Å². The van der Waals surface area contributed by atoms with Crippen LogP contribution in [0.3, 0.4) is 0 Å². The van der Waals surface area contributed by atoms with Crippen LogP contribution < -0.4 is 5.32 Å². The molecule has 20 heavy (non-hydrogen) atoms. The Morgan fingerprint density at radius 3 is 2.95 bits per heavy atom. The van der Waals surface area contributed by atoms with E-state index in [9.17, 15) is 9.18 Å². The van der Waals surface area contributed by atoms with Gasteiger partial charge in [0.05, 0.1) is 0 Å². The summed E-state index contributed by atoms with van der Waals surface area (Å²) in [6.45, 7) is 6.42. The monoisotopic (exact) mass is 278 g/mol. The largest absolute Gasteiger partial charge is 0.340 e. The molecule has 0 bridgehead atoms. The summed E-state index contributed by atoms with van der Waals surface area (Å²) in [6.07, 6.45) is 1.30. The van der Waals surface area contributed by atoms with Gasteiger partial charge in [-0.1, -0.05) is 25.1 Å². The van der Waals surface area contributed by atoms with Crippen LogP contribution in [0, 0.1) is 11.7 Å². The molecule has 1 heterocycles. The third-order valence-corrected chi connectivity index (χ3v) is 3.91. The molecule has 2 atom stereocenters. The smallest absolute Gasteiger partial charge is 0.225 e. The van der Waals surface area contributed by atoms with E-state index in [0.29, 0.717) is 24.4 Å². The number of hydrogen-bond acceptors (Lipinski definition) is 2. The molecule has 2 rings (SSSR count). The van der Waals surface area contributed by atoms with Crippen molar-refractivity contribution in [2.75, 3.05) is 19.6 Å². The van der Waals surface area contributed by atoms with Gasteiger partial charge in [-0.05, 0) is 31.4 Å². The van der Waals surface area contributed by atoms with Crippen molar-refractivity contribution >= 4 is 5.91 Å². The van der Waals surface area contributed by atoms with Crippen LogP contribution in [0.1, 0.15) is 25.8 Å². The van der Waals surface area contributed by atoms with Crippen LogP contribution in [0.15, 0.2) is 24.3 Å². The van der Waals surface area contributed by atoms with Crippen molar-refractivity contribution in [1.29, 1.82) is 0 Å². The molecule has 0 spiro atoms. The van der Waals surface area contributed by atoms with Crippen molar-refractivity contribution in [1.82, 2.24) is 10.2 Å². The highest BCUT2D eigenvalue weighted by molar-refractivity contribution is 5.78. The van der Waals surface area contributed by atoms with E-state index in [4.69, 9.17) is 0 Å². The van der Waals surface area contributed by atoms with E-state index in [1.165, 1.54) is 6.07 Å². The summed E-state index contributed by atoms with van der Waals surface area (Å²) in [7, 11) is 0. The Morgan fingerprint density at radius 1 is 1.50 bits per heavy atom. The van der Waals surface area contributed by atoms with Crippen molar-refractivity contribution in [3.8, 4) is 0 Å². The highest BCUT2D eigenvalue weighted by atomic mass is 19.1. The number of piperazine rings is 1. The number of carbonyl (C=O) groups excluding carboxylic acids is 1. The van der Waals surface area contributed by atoms with Crippen molar-refractivity contribution < 1.29 is 9.18 Å². The molecule has 1 fully saturated rings. The maximum atomic E-state index is 13.5. The highest BCUT2D eigenvalue weighted by Crippen LogP contribution is 2.15. The van der Waals surface area contributed by atoms with Crippen LogP contribution in [0.5, 0.6) is 0 Å². The van der Waals surface area contributed by atoms with Crippen molar-refractivity contribution in [3.05, 3.63) is 35.6 Å². The molecule has 4 heteroatoms. The molecule has 1 aromatic carbocycles. The standard InChI is InChI=1S/C16H23FN2O/c1-12(7-8-14-5-3-4-6-15(14)17)16(20)19-10-9-18-13(2)11-19/h3-6,12-13,18H,7-11H2,1-2H3/t12-,13+/m0/s1. The molecule has 0 unspecified atom stereocenters. The molecule has 0 aliphatic carbocycles. The number of carbonyl (C=O) groups is 1. The Hall–Kier alpha value is -1.42. The molecule has 110 valence electrons. The minimum absolute atomic E-state index is 0.0556. The lowest BCUT2D eigenvalue weighted by Crippen LogP contribution is -2.52. The first-order chi connectivity index (χ1) is 9.58. The average molecular weight is 278 g/mol. The maximum Gasteiger partial charge on any atom is 0.225 e. The average Bonchev–Trinajstić information content (AvgIpc) is 2.45. The molecule has 1 aliphatic heterocycles. The topological polar surface area (TPSA) is 32.3 Å². The van der Waals surface area contributed by atoms with Gasteiger partial charge in [-0.25, -0.2) is 4.39 Å². The van der Waals surface area contributed by atoms with E-state index in [1.807, 2.05) is 17.9 Å². The van der Waals surface area contributed by atoms with Gasteiger partial charge in [0.25, 0.3) is 0 Å². The number of nitrogens with one attached hydrogen (secondary N) is 1. The first-order valence-electron chi connectivity index (χ1n) is 7.33. The number of nitrogens with zero attached hydrogens (tertiary/aromatic N) is 1. The quantitative estimate of drug-likeness (QED) is 0.916. The second-order valence-corrected chi connectivity index (χ2v) is 5.67. The normalized spacial score (nSPS) is 20.8. The highest BCUT2D eigenvalue weighted by Gasteiger charge is 2.24. The van der Waals surface area contributed by atoms with E-state index in [0.717, 1.165) is 19.6 Å². The number of hydrogen-bond donors (Lipinski definition) is 1. The molecule has 0 aromatic heterocycles. The van der Waals surface area contributed by atoms with Gasteiger partial charge in [0.15, 0.2) is 0 Å². The predicted octanol–water partition coefficient (Wildman–Crippen LogP) is 2.21. The van der Waals surface area contributed by atoms with E-state index < -0.39 is 0 Å². The lowest BCUT2D eigenvalue weighted by Gasteiger charge is -2.33. The van der Waals surface area contributed by atoms with E-state index in [2.05, 4.69) is 12.2 Å². The third-order valence-electron chi connectivity index (χ3n) is 3.91. The molecular weight excluding hydrogens is 255 g/mol. The molecule has 1 N–H and O–H groups in total. The molecule has 1 saturated heterocycles. The number of halogens is 1. The van der Waals surface area contributed by atoms with Crippen LogP contribution in [0.2, 0.25) is 0 Å². The Bertz CT molecular complexity index is 464. The van der Waals surface area contributed by atoms with E-state index in [-0.39, 0.29) is 17.6 Å². The Kier molecular flexibility index (Phi) is 5.12. The van der Waals surface area contributed by atoms with Gasteiger partial charge in [-0.15, -0.1) is 0 Å². The minimum Gasteiger partial charge on any atom is -0.340 e. The maximum absolute atomic E-state index is 13.5. The second-order valence-electron chi connectivity index (χ2n) is 5.67. The minimum atomic E-state index is -0.178. The van der Waals surface area contributed by atoms with Gasteiger partial charge in [0.2, 0.25) is 5.91 Å². The Morgan fingerprint density at radius 2 is 2.25 bits per heavy atom. The molecule has 1 amide bonds. The second kappa shape index (κ2) is 6.84. The van der Waals surface area contributed by atoms with Gasteiger partial charge in [0, 0.05) is 31.6 Å². The lowest BCUT2D eigenvalue weighted by atomic mass is 9.99. The summed E-state index contributed by atoms with van der Waals surface area (Å²) in [5.41, 5.74) is 0.695. The summed E-state index contributed by atoms with van der Waals surface area (Å²) in [4.78, 5) is 14.3. The van der Waals surface area contributed by atoms with Gasteiger partial charge in [-0.3, -0.25) is 4.79 Å². The fourth-order valence-corrected chi connectivity index (χ4v) is 2.64. The van der Waals surface area contributed by atoms with Crippen LogP contribution in [-0.2, 0) is 11.2 Å². The van der Waals surface area contributed by atoms with Gasteiger partial charge >= 0.3 is 0 Å². The first-order valence-corrected chi connectivity index (χ1v) is 7.33. The van der Waals surface area contributed by atoms with Gasteiger partial charge in [0.1, 0.15) is 5.82 Å². The fourth-order valence-electron chi connectivity index (χ4n) is 2.64. The number of benzene rings is 1. The zero-order valence-corrected chi connectivity index (χ0v) is 12.2. The Balaban J connectivity index is 1.86. The van der Waals surface area contributed by atoms with Crippen molar-refractivity contribution in [2.24, 2.45) is 5.92 Å². The SMILES string of the molecule is C[C@@H]1CN(C(=O)[C@@H](C)CCc2ccccc2F)CCN1. The van der Waals surface area contributed by atoms with Crippen LogP contribution in [-0.4, -0.2) is 36.5 Å². The van der Waals surface area contributed by atoms with Crippen molar-refractivity contribution in [2.45, 2.75) is 32.7 Å². The summed E-state index contributed by atoms with van der Waals surface area (Å²) in [5.74, 6) is -0.0439. The summed E-state index contributed by atoms with van der Waals surface area (Å²) in [5, 5.41) is 3.33. The van der Waals surface area contributed by atoms with E-state index >= 15 is 0 Å². The fraction of sp³-hybridized carbons (Fsp3) is 0.562. The third kappa shape index (κ3) is 3.79. The zero-order valence-electron chi connectivity index (χ0n) is 12.2. The number of amides is 1. The molecular formula is C16H23FN2O. The van der Waals surface area contributed by atoms with Crippen LogP contribution in [0.25, 0.3) is 0 Å². The number of rotatable bonds is 4. The zero-order chi connectivity index (χ0) is 14.5. The number of aryl methyl sites for hydroxylation is 1. The van der Waals surface area contributed by atoms with Gasteiger partial charge < -0.3 is 10.2 Å². The summed E-state index contributed by atoms with van der Waals surface area (Å²) in [6, 6.07) is 7.14. The lowest BCUT2D eigenvalue weighted by molar-refractivity contribution is -0.136. The summed E-state index contributed by atoms with van der Waals surface area (Å²) < 4.78 is 13.5. The van der Waals surface area contributed by atoms with Gasteiger partial charge in [-0.2, -0.15) is 0 Å². The predicted molar refractivity (Wildman–Crippen MR) is 77.9 cm³/mol. The molecule has 0 radical (unpaired) electrons. The molecule has 1 aromatic rings. The van der Waals surface area contributed by atoms with Crippen molar-refractivity contribution in [3.63, 3.8) is 0 Å². The summed E-state index contributed by atoms with van der Waals surface area (Å²) >= 11 is 0. The Labute approximate surface area is 120 Å². The van der Waals surface area contributed by atoms with E-state index in [1.54, 1.807) is 12.1 Å². The molecule has 1 aliphatic rings.